The standard InChI is InChI=1S/C13H13F3N2O3/c14-13(15,16)9-3-1-2-4-10(9)17-12(21)18-6-8(7-18)5-11(19)20/h1-4,8H,5-7H2,(H,17,21)(H,19,20). The summed E-state index contributed by atoms with van der Waals surface area (Å²) in [6.07, 6.45) is -4.60. The molecule has 0 spiro atoms. The number of likely N-dealkylation sites (tertiary alicyclic amines) is 1. The van der Waals surface area contributed by atoms with Crippen LogP contribution in [0, 0.1) is 5.92 Å². The molecule has 1 aromatic carbocycles. The molecule has 2 amide bonds. The SMILES string of the molecule is O=C(O)CC1CN(C(=O)Nc2ccccc2C(F)(F)F)C1. The predicted octanol–water partition coefficient (Wildman–Crippen LogP) is 2.64. The average Bonchev–Trinajstić information content (AvgIpc) is 2.32. The normalized spacial score (nSPS) is 15.5. The Morgan fingerprint density at radius 1 is 1.29 bits per heavy atom. The fraction of sp³-hybridized carbons (Fsp3) is 0.385. The molecule has 0 bridgehead atoms. The highest BCUT2D eigenvalue weighted by Gasteiger charge is 2.36. The van der Waals surface area contributed by atoms with Crippen LogP contribution >= 0.6 is 0 Å². The highest BCUT2D eigenvalue weighted by molar-refractivity contribution is 5.90. The molecular formula is C13H13F3N2O3. The number of amides is 2. The molecule has 0 unspecified atom stereocenters. The maximum Gasteiger partial charge on any atom is 0.418 e. The number of carbonyl (C=O) groups is 2. The predicted molar refractivity (Wildman–Crippen MR) is 67.8 cm³/mol. The van der Waals surface area contributed by atoms with Crippen molar-refractivity contribution < 1.29 is 27.9 Å². The zero-order valence-corrected chi connectivity index (χ0v) is 10.9. The molecule has 0 atom stereocenters. The van der Waals surface area contributed by atoms with E-state index in [1.165, 1.54) is 23.1 Å². The Kier molecular flexibility index (Phi) is 4.06. The fourth-order valence-corrected chi connectivity index (χ4v) is 2.15. The molecule has 5 nitrogen and oxygen atoms in total. The highest BCUT2D eigenvalue weighted by Crippen LogP contribution is 2.34. The Morgan fingerprint density at radius 3 is 2.48 bits per heavy atom. The minimum absolute atomic E-state index is 0.0527. The van der Waals surface area contributed by atoms with Crippen molar-refractivity contribution in [1.29, 1.82) is 0 Å². The lowest BCUT2D eigenvalue weighted by Crippen LogP contribution is -2.52. The van der Waals surface area contributed by atoms with Crippen molar-refractivity contribution in [2.75, 3.05) is 18.4 Å². The highest BCUT2D eigenvalue weighted by atomic mass is 19.4. The minimum Gasteiger partial charge on any atom is -0.481 e. The number of carboxylic acids is 1. The molecule has 1 aromatic rings. The Bertz CT molecular complexity index is 554. The topological polar surface area (TPSA) is 69.6 Å². The van der Waals surface area contributed by atoms with Crippen LogP contribution in [-0.2, 0) is 11.0 Å². The number of hydrogen-bond donors (Lipinski definition) is 2. The number of urea groups is 1. The van der Waals surface area contributed by atoms with Gasteiger partial charge in [-0.25, -0.2) is 4.79 Å². The van der Waals surface area contributed by atoms with Gasteiger partial charge in [0.2, 0.25) is 0 Å². The van der Waals surface area contributed by atoms with Crippen LogP contribution < -0.4 is 5.32 Å². The number of nitrogens with zero attached hydrogens (tertiary/aromatic N) is 1. The number of rotatable bonds is 3. The Balaban J connectivity index is 1.97. The van der Waals surface area contributed by atoms with Gasteiger partial charge in [0.1, 0.15) is 0 Å². The molecule has 0 aromatic heterocycles. The number of halogens is 3. The summed E-state index contributed by atoms with van der Waals surface area (Å²) in [5.74, 6) is -1.10. The van der Waals surface area contributed by atoms with Gasteiger partial charge in [-0.1, -0.05) is 12.1 Å². The van der Waals surface area contributed by atoms with Gasteiger partial charge in [-0.05, 0) is 12.1 Å². The molecule has 2 rings (SSSR count). The van der Waals surface area contributed by atoms with E-state index in [-0.39, 0.29) is 31.1 Å². The molecule has 1 fully saturated rings. The molecule has 0 radical (unpaired) electrons. The molecule has 0 aliphatic carbocycles. The van der Waals surface area contributed by atoms with Gasteiger partial charge in [-0.3, -0.25) is 4.79 Å². The summed E-state index contributed by atoms with van der Waals surface area (Å²) in [7, 11) is 0. The molecule has 1 aliphatic rings. The second-order valence-electron chi connectivity index (χ2n) is 4.84. The molecule has 21 heavy (non-hydrogen) atoms. The van der Waals surface area contributed by atoms with Crippen LogP contribution in [0.4, 0.5) is 23.7 Å². The average molecular weight is 302 g/mol. The lowest BCUT2D eigenvalue weighted by atomic mass is 9.97. The summed E-state index contributed by atoms with van der Waals surface area (Å²) in [5, 5.41) is 10.8. The number of hydrogen-bond acceptors (Lipinski definition) is 2. The molecule has 1 aliphatic heterocycles. The van der Waals surface area contributed by atoms with Gasteiger partial charge < -0.3 is 15.3 Å². The molecule has 1 saturated heterocycles. The first kappa shape index (κ1) is 15.1. The molecule has 114 valence electrons. The number of anilines is 1. The molecular weight excluding hydrogens is 289 g/mol. The van der Waals surface area contributed by atoms with E-state index >= 15 is 0 Å². The van der Waals surface area contributed by atoms with E-state index in [2.05, 4.69) is 5.32 Å². The molecule has 8 heteroatoms. The van der Waals surface area contributed by atoms with Gasteiger partial charge in [-0.2, -0.15) is 13.2 Å². The summed E-state index contributed by atoms with van der Waals surface area (Å²) in [4.78, 5) is 23.6. The minimum atomic E-state index is -4.55. The second kappa shape index (κ2) is 5.63. The number of carbonyl (C=O) groups excluding carboxylic acids is 1. The Labute approximate surface area is 118 Å². The number of alkyl halides is 3. The van der Waals surface area contributed by atoms with Crippen LogP contribution in [0.15, 0.2) is 24.3 Å². The first-order valence-corrected chi connectivity index (χ1v) is 6.21. The van der Waals surface area contributed by atoms with E-state index in [0.717, 1.165) is 6.07 Å². The van der Waals surface area contributed by atoms with Crippen molar-refractivity contribution in [3.05, 3.63) is 29.8 Å². The van der Waals surface area contributed by atoms with Crippen molar-refractivity contribution in [2.24, 2.45) is 5.92 Å². The summed E-state index contributed by atoms with van der Waals surface area (Å²) in [5.41, 5.74) is -1.22. The largest absolute Gasteiger partial charge is 0.481 e. The summed E-state index contributed by atoms with van der Waals surface area (Å²) < 4.78 is 38.3. The molecule has 0 saturated carbocycles. The quantitative estimate of drug-likeness (QED) is 0.902. The van der Waals surface area contributed by atoms with E-state index in [4.69, 9.17) is 5.11 Å². The third-order valence-electron chi connectivity index (χ3n) is 3.18. The van der Waals surface area contributed by atoms with Crippen LogP contribution in [0.2, 0.25) is 0 Å². The van der Waals surface area contributed by atoms with Crippen LogP contribution in [0.25, 0.3) is 0 Å². The van der Waals surface area contributed by atoms with E-state index in [1.54, 1.807) is 0 Å². The number of aliphatic carboxylic acids is 1. The van der Waals surface area contributed by atoms with E-state index < -0.39 is 23.7 Å². The fourth-order valence-electron chi connectivity index (χ4n) is 2.15. The lowest BCUT2D eigenvalue weighted by Gasteiger charge is -2.38. The first-order valence-electron chi connectivity index (χ1n) is 6.21. The van der Waals surface area contributed by atoms with Gasteiger partial charge in [0.05, 0.1) is 17.7 Å². The van der Waals surface area contributed by atoms with Crippen molar-refractivity contribution in [2.45, 2.75) is 12.6 Å². The summed E-state index contributed by atoms with van der Waals surface area (Å²) in [6, 6.07) is 4.04. The Morgan fingerprint density at radius 2 is 1.90 bits per heavy atom. The van der Waals surface area contributed by atoms with Gasteiger partial charge >= 0.3 is 18.2 Å². The molecule has 2 N–H and O–H groups in total. The third-order valence-corrected chi connectivity index (χ3v) is 3.18. The van der Waals surface area contributed by atoms with Crippen LogP contribution in [0.1, 0.15) is 12.0 Å². The number of benzene rings is 1. The number of nitrogens with one attached hydrogen (secondary N) is 1. The number of para-hydroxylation sites is 1. The van der Waals surface area contributed by atoms with Crippen molar-refractivity contribution >= 4 is 17.7 Å². The van der Waals surface area contributed by atoms with Crippen LogP contribution in [0.5, 0.6) is 0 Å². The van der Waals surface area contributed by atoms with Crippen molar-refractivity contribution in [3.63, 3.8) is 0 Å². The molecule has 1 heterocycles. The lowest BCUT2D eigenvalue weighted by molar-refractivity contribution is -0.139. The van der Waals surface area contributed by atoms with Gasteiger partial charge in [0, 0.05) is 19.0 Å². The monoisotopic (exact) mass is 302 g/mol. The van der Waals surface area contributed by atoms with Crippen molar-refractivity contribution in [1.82, 2.24) is 4.90 Å². The maximum absolute atomic E-state index is 12.8. The van der Waals surface area contributed by atoms with Crippen molar-refractivity contribution in [3.8, 4) is 0 Å². The third kappa shape index (κ3) is 3.65. The van der Waals surface area contributed by atoms with E-state index in [9.17, 15) is 22.8 Å². The number of carboxylic acid groups (broad SMARTS) is 1. The van der Waals surface area contributed by atoms with Crippen LogP contribution in [0.3, 0.4) is 0 Å². The van der Waals surface area contributed by atoms with Gasteiger partial charge in [0.25, 0.3) is 0 Å². The van der Waals surface area contributed by atoms with Gasteiger partial charge in [0.15, 0.2) is 0 Å². The first-order chi connectivity index (χ1) is 9.77. The maximum atomic E-state index is 12.8. The van der Waals surface area contributed by atoms with Gasteiger partial charge in [-0.15, -0.1) is 0 Å². The smallest absolute Gasteiger partial charge is 0.418 e. The van der Waals surface area contributed by atoms with E-state index in [1.807, 2.05) is 0 Å². The summed E-state index contributed by atoms with van der Waals surface area (Å²) in [6.45, 7) is 0.457. The zero-order chi connectivity index (χ0) is 15.6. The van der Waals surface area contributed by atoms with Crippen LogP contribution in [-0.4, -0.2) is 35.1 Å². The zero-order valence-electron chi connectivity index (χ0n) is 10.9. The second-order valence-corrected chi connectivity index (χ2v) is 4.84. The Hall–Kier alpha value is -2.25. The van der Waals surface area contributed by atoms with E-state index in [0.29, 0.717) is 0 Å². The summed E-state index contributed by atoms with van der Waals surface area (Å²) >= 11 is 0.